The van der Waals surface area contributed by atoms with Crippen molar-refractivity contribution in [3.8, 4) is 5.75 Å². The molecule has 182 valence electrons. The third-order valence-electron chi connectivity index (χ3n) is 5.38. The van der Waals surface area contributed by atoms with Gasteiger partial charge in [-0.2, -0.15) is 0 Å². The molecule has 1 heterocycles. The number of nitrogens with one attached hydrogen (secondary N) is 2. The lowest BCUT2D eigenvalue weighted by atomic mass is 10.1. The largest absolute Gasteiger partial charge is 0.479 e. The van der Waals surface area contributed by atoms with E-state index in [9.17, 15) is 9.59 Å². The molecule has 10 heteroatoms. The number of nitrogens with zero attached hydrogens (tertiary/aromatic N) is 2. The Morgan fingerprint density at radius 2 is 1.71 bits per heavy atom. The standard InChI is InChI=1S/C24H28Cl2N4O3S/c1-15(2)23(32)30-12-10-29(11-13-30)20-7-5-4-6-19(20)27-24(34)28-22(31)16(3)33-21-9-8-17(25)14-18(21)26/h4-9,14-16H,10-13H2,1-3H3,(H2,27,28,31,34). The molecule has 1 aliphatic heterocycles. The molecule has 0 aromatic heterocycles. The first-order valence-corrected chi connectivity index (χ1v) is 12.2. The van der Waals surface area contributed by atoms with Crippen LogP contribution in [0.2, 0.25) is 10.0 Å². The van der Waals surface area contributed by atoms with E-state index in [1.165, 1.54) is 0 Å². The molecule has 0 spiro atoms. The second-order valence-electron chi connectivity index (χ2n) is 8.26. The molecule has 2 amide bonds. The van der Waals surface area contributed by atoms with E-state index in [0.717, 1.165) is 11.4 Å². The number of piperazine rings is 1. The predicted octanol–water partition coefficient (Wildman–Crippen LogP) is 4.58. The molecule has 1 saturated heterocycles. The number of hydrogen-bond acceptors (Lipinski definition) is 5. The SMILES string of the molecule is CC(C)C(=O)N1CCN(c2ccccc2NC(=S)NC(=O)C(C)Oc2ccc(Cl)cc2Cl)CC1. The van der Waals surface area contributed by atoms with E-state index in [4.69, 9.17) is 40.2 Å². The number of halogens is 2. The molecular formula is C24H28Cl2N4O3S. The van der Waals surface area contributed by atoms with Crippen molar-refractivity contribution in [2.75, 3.05) is 36.4 Å². The lowest BCUT2D eigenvalue weighted by Gasteiger charge is -2.37. The average molecular weight is 523 g/mol. The van der Waals surface area contributed by atoms with Crippen LogP contribution in [0, 0.1) is 5.92 Å². The summed E-state index contributed by atoms with van der Waals surface area (Å²) in [5.41, 5.74) is 1.72. The molecule has 34 heavy (non-hydrogen) atoms. The van der Waals surface area contributed by atoms with Crippen LogP contribution in [-0.2, 0) is 9.59 Å². The van der Waals surface area contributed by atoms with Crippen molar-refractivity contribution in [1.82, 2.24) is 10.2 Å². The quantitative estimate of drug-likeness (QED) is 0.541. The molecular weight excluding hydrogens is 495 g/mol. The van der Waals surface area contributed by atoms with Crippen molar-refractivity contribution in [1.29, 1.82) is 0 Å². The van der Waals surface area contributed by atoms with Gasteiger partial charge in [0.1, 0.15) is 5.75 Å². The summed E-state index contributed by atoms with van der Waals surface area (Å²) >= 11 is 17.4. The lowest BCUT2D eigenvalue weighted by molar-refractivity contribution is -0.134. The molecule has 0 bridgehead atoms. The fourth-order valence-corrected chi connectivity index (χ4v) is 4.23. The molecule has 1 fully saturated rings. The van der Waals surface area contributed by atoms with Crippen LogP contribution in [0.15, 0.2) is 42.5 Å². The van der Waals surface area contributed by atoms with Crippen molar-refractivity contribution >= 4 is 63.7 Å². The van der Waals surface area contributed by atoms with Crippen LogP contribution in [0.25, 0.3) is 0 Å². The number of hydrogen-bond donors (Lipinski definition) is 2. The van der Waals surface area contributed by atoms with Gasteiger partial charge in [-0.15, -0.1) is 0 Å². The van der Waals surface area contributed by atoms with Crippen molar-refractivity contribution in [3.05, 3.63) is 52.5 Å². The fourth-order valence-electron chi connectivity index (χ4n) is 3.57. The minimum absolute atomic E-state index is 0.0106. The second kappa shape index (κ2) is 11.7. The highest BCUT2D eigenvalue weighted by Gasteiger charge is 2.24. The molecule has 7 nitrogen and oxygen atoms in total. The molecule has 3 rings (SSSR count). The van der Waals surface area contributed by atoms with E-state index in [2.05, 4.69) is 15.5 Å². The van der Waals surface area contributed by atoms with Crippen LogP contribution in [0.4, 0.5) is 11.4 Å². The van der Waals surface area contributed by atoms with Gasteiger partial charge in [-0.25, -0.2) is 0 Å². The minimum Gasteiger partial charge on any atom is -0.479 e. The highest BCUT2D eigenvalue weighted by atomic mass is 35.5. The smallest absolute Gasteiger partial charge is 0.266 e. The zero-order valence-electron chi connectivity index (χ0n) is 19.3. The Morgan fingerprint density at radius 1 is 1.03 bits per heavy atom. The predicted molar refractivity (Wildman–Crippen MR) is 141 cm³/mol. The number of carbonyl (C=O) groups excluding carboxylic acids is 2. The van der Waals surface area contributed by atoms with Crippen LogP contribution in [0.3, 0.4) is 0 Å². The van der Waals surface area contributed by atoms with Gasteiger partial charge in [0.15, 0.2) is 11.2 Å². The monoisotopic (exact) mass is 522 g/mol. The van der Waals surface area contributed by atoms with Crippen molar-refractivity contribution in [2.45, 2.75) is 26.9 Å². The van der Waals surface area contributed by atoms with Crippen LogP contribution in [0.1, 0.15) is 20.8 Å². The fraction of sp³-hybridized carbons (Fsp3) is 0.375. The van der Waals surface area contributed by atoms with Crippen LogP contribution in [0.5, 0.6) is 5.75 Å². The maximum Gasteiger partial charge on any atom is 0.266 e. The van der Waals surface area contributed by atoms with Gasteiger partial charge in [0.05, 0.1) is 16.4 Å². The van der Waals surface area contributed by atoms with Gasteiger partial charge in [-0.1, -0.05) is 49.2 Å². The zero-order valence-corrected chi connectivity index (χ0v) is 21.6. The zero-order chi connectivity index (χ0) is 24.8. The van der Waals surface area contributed by atoms with Gasteiger partial charge in [0, 0.05) is 37.1 Å². The summed E-state index contributed by atoms with van der Waals surface area (Å²) in [5, 5.41) is 6.72. The molecule has 0 aliphatic carbocycles. The average Bonchev–Trinajstić information content (AvgIpc) is 2.80. The van der Waals surface area contributed by atoms with Gasteiger partial charge >= 0.3 is 0 Å². The Kier molecular flexibility index (Phi) is 8.99. The van der Waals surface area contributed by atoms with Gasteiger partial charge in [-0.05, 0) is 49.5 Å². The van der Waals surface area contributed by atoms with E-state index in [0.29, 0.717) is 42.0 Å². The number of anilines is 2. The molecule has 2 N–H and O–H groups in total. The first kappa shape index (κ1) is 26.1. The van der Waals surface area contributed by atoms with Gasteiger partial charge in [0.25, 0.3) is 5.91 Å². The molecule has 1 aliphatic rings. The Balaban J connectivity index is 1.58. The van der Waals surface area contributed by atoms with Crippen LogP contribution >= 0.6 is 35.4 Å². The van der Waals surface area contributed by atoms with E-state index >= 15 is 0 Å². The number of thiocarbonyl (C=S) groups is 1. The summed E-state index contributed by atoms with van der Waals surface area (Å²) in [6, 6.07) is 12.5. The normalized spacial score (nSPS) is 14.5. The maximum atomic E-state index is 12.6. The van der Waals surface area contributed by atoms with Gasteiger partial charge in [-0.3, -0.25) is 14.9 Å². The second-order valence-corrected chi connectivity index (χ2v) is 9.51. The molecule has 2 aromatic carbocycles. The minimum atomic E-state index is -0.833. The van der Waals surface area contributed by atoms with Gasteiger partial charge in [0.2, 0.25) is 5.91 Å². The number of carbonyl (C=O) groups is 2. The highest BCUT2D eigenvalue weighted by molar-refractivity contribution is 7.80. The Labute approximate surface area is 215 Å². The van der Waals surface area contributed by atoms with E-state index in [-0.39, 0.29) is 16.9 Å². The Hall–Kier alpha value is -2.55. The first-order chi connectivity index (χ1) is 16.2. The molecule has 0 saturated carbocycles. The number of rotatable bonds is 6. The van der Waals surface area contributed by atoms with Crippen LogP contribution in [-0.4, -0.2) is 54.1 Å². The van der Waals surface area contributed by atoms with Crippen molar-refractivity contribution in [3.63, 3.8) is 0 Å². The molecule has 2 aromatic rings. The first-order valence-electron chi connectivity index (χ1n) is 11.0. The van der Waals surface area contributed by atoms with E-state index < -0.39 is 12.0 Å². The molecule has 0 radical (unpaired) electrons. The van der Waals surface area contributed by atoms with Gasteiger partial charge < -0.3 is 19.9 Å². The lowest BCUT2D eigenvalue weighted by Crippen LogP contribution is -2.50. The van der Waals surface area contributed by atoms with E-state index in [1.54, 1.807) is 25.1 Å². The van der Waals surface area contributed by atoms with Crippen molar-refractivity contribution in [2.24, 2.45) is 5.92 Å². The number of benzene rings is 2. The highest BCUT2D eigenvalue weighted by Crippen LogP contribution is 2.29. The van der Waals surface area contributed by atoms with Crippen LogP contribution < -0.4 is 20.3 Å². The summed E-state index contributed by atoms with van der Waals surface area (Å²) in [7, 11) is 0. The summed E-state index contributed by atoms with van der Waals surface area (Å²) in [6.45, 7) is 8.18. The molecule has 1 unspecified atom stereocenters. The number of amides is 2. The summed E-state index contributed by atoms with van der Waals surface area (Å²) in [5.74, 6) is 0.101. The van der Waals surface area contributed by atoms with E-state index in [1.807, 2.05) is 43.0 Å². The maximum absolute atomic E-state index is 12.6. The number of ether oxygens (including phenoxy) is 1. The summed E-state index contributed by atoms with van der Waals surface area (Å²) < 4.78 is 5.65. The summed E-state index contributed by atoms with van der Waals surface area (Å²) in [4.78, 5) is 29.0. The third kappa shape index (κ3) is 6.74. The topological polar surface area (TPSA) is 73.9 Å². The Morgan fingerprint density at radius 3 is 2.35 bits per heavy atom. The third-order valence-corrected chi connectivity index (χ3v) is 6.12. The Bertz CT molecular complexity index is 1060. The molecule has 1 atom stereocenters. The van der Waals surface area contributed by atoms with Crippen molar-refractivity contribution < 1.29 is 14.3 Å². The number of para-hydroxylation sites is 2. The summed E-state index contributed by atoms with van der Waals surface area (Å²) in [6.07, 6.45) is -0.833.